The molecule has 1 heterocycles. The topological polar surface area (TPSA) is 85.4 Å². The number of hydrogen-bond acceptors (Lipinski definition) is 5. The van der Waals surface area contributed by atoms with E-state index in [9.17, 15) is 13.2 Å². The summed E-state index contributed by atoms with van der Waals surface area (Å²) in [6.45, 7) is 1.82. The van der Waals surface area contributed by atoms with Gasteiger partial charge in [-0.15, -0.1) is 0 Å². The minimum Gasteiger partial charge on any atom is -0.497 e. The molecule has 150 valence electrons. The zero-order valence-corrected chi connectivity index (χ0v) is 17.0. The second-order valence-electron chi connectivity index (χ2n) is 6.58. The quantitative estimate of drug-likeness (QED) is 0.646. The number of sulfone groups is 1. The number of rotatable bonds is 7. The number of aryl methyl sites for hydroxylation is 1. The maximum absolute atomic E-state index is 13.3. The molecule has 1 amide bonds. The SMILES string of the molecule is COc1ccc(S(=O)(=O)C(CNC(=O)c2cccc(C)c2)c2cccnc2)cc1. The number of nitrogens with one attached hydrogen (secondary N) is 1. The Morgan fingerprint density at radius 1 is 1.10 bits per heavy atom. The van der Waals surface area contributed by atoms with Crippen molar-refractivity contribution in [2.75, 3.05) is 13.7 Å². The summed E-state index contributed by atoms with van der Waals surface area (Å²) in [5.74, 6) is 0.238. The van der Waals surface area contributed by atoms with E-state index in [1.54, 1.807) is 48.7 Å². The first-order chi connectivity index (χ1) is 13.9. The van der Waals surface area contributed by atoms with Crippen LogP contribution in [-0.2, 0) is 9.84 Å². The molecule has 0 aliphatic rings. The number of amides is 1. The zero-order valence-electron chi connectivity index (χ0n) is 16.2. The molecule has 3 aromatic rings. The molecule has 29 heavy (non-hydrogen) atoms. The van der Waals surface area contributed by atoms with Gasteiger partial charge in [0.1, 0.15) is 11.0 Å². The molecule has 3 rings (SSSR count). The van der Waals surface area contributed by atoms with Gasteiger partial charge < -0.3 is 10.1 Å². The molecule has 1 atom stereocenters. The highest BCUT2D eigenvalue weighted by Gasteiger charge is 2.30. The van der Waals surface area contributed by atoms with Crippen LogP contribution in [0.1, 0.15) is 26.7 Å². The average Bonchev–Trinajstić information content (AvgIpc) is 2.74. The molecule has 0 saturated carbocycles. The van der Waals surface area contributed by atoms with Gasteiger partial charge >= 0.3 is 0 Å². The van der Waals surface area contributed by atoms with E-state index in [0.29, 0.717) is 16.9 Å². The van der Waals surface area contributed by atoms with Gasteiger partial charge in [0.25, 0.3) is 5.91 Å². The van der Waals surface area contributed by atoms with Gasteiger partial charge in [-0.1, -0.05) is 23.8 Å². The molecule has 1 aromatic heterocycles. The molecule has 0 spiro atoms. The fraction of sp³-hybridized carbons (Fsp3) is 0.182. The van der Waals surface area contributed by atoms with Crippen LogP contribution >= 0.6 is 0 Å². The smallest absolute Gasteiger partial charge is 0.251 e. The third kappa shape index (κ3) is 4.81. The highest BCUT2D eigenvalue weighted by Crippen LogP contribution is 2.29. The van der Waals surface area contributed by atoms with Crippen molar-refractivity contribution in [2.45, 2.75) is 17.1 Å². The second kappa shape index (κ2) is 8.87. The van der Waals surface area contributed by atoms with E-state index in [4.69, 9.17) is 4.74 Å². The largest absolute Gasteiger partial charge is 0.497 e. The third-order valence-electron chi connectivity index (χ3n) is 4.55. The Kier molecular flexibility index (Phi) is 6.29. The normalized spacial score (nSPS) is 12.2. The number of nitrogens with zero attached hydrogens (tertiary/aromatic N) is 1. The molecular formula is C22H22N2O4S. The van der Waals surface area contributed by atoms with Crippen LogP contribution in [0.2, 0.25) is 0 Å². The summed E-state index contributed by atoms with van der Waals surface area (Å²) in [5, 5.41) is 1.78. The van der Waals surface area contributed by atoms with Crippen LogP contribution in [0.15, 0.2) is 78.0 Å². The maximum Gasteiger partial charge on any atom is 0.251 e. The van der Waals surface area contributed by atoms with Crippen LogP contribution in [0.3, 0.4) is 0 Å². The number of benzene rings is 2. The summed E-state index contributed by atoms with van der Waals surface area (Å²) < 4.78 is 31.7. The Morgan fingerprint density at radius 2 is 1.86 bits per heavy atom. The van der Waals surface area contributed by atoms with Crippen LogP contribution < -0.4 is 10.1 Å². The van der Waals surface area contributed by atoms with Gasteiger partial charge in [0.15, 0.2) is 9.84 Å². The lowest BCUT2D eigenvalue weighted by molar-refractivity contribution is 0.0953. The highest BCUT2D eigenvalue weighted by molar-refractivity contribution is 7.91. The number of hydrogen-bond donors (Lipinski definition) is 1. The molecule has 7 heteroatoms. The van der Waals surface area contributed by atoms with Crippen LogP contribution in [-0.4, -0.2) is 33.0 Å². The molecule has 0 aliphatic heterocycles. The molecule has 0 fully saturated rings. The Balaban J connectivity index is 1.89. The Hall–Kier alpha value is -3.19. The van der Waals surface area contributed by atoms with Crippen molar-refractivity contribution in [1.29, 1.82) is 0 Å². The molecule has 1 N–H and O–H groups in total. The number of pyridine rings is 1. The average molecular weight is 410 g/mol. The molecule has 0 aliphatic carbocycles. The number of aromatic nitrogens is 1. The van der Waals surface area contributed by atoms with Crippen LogP contribution in [0.25, 0.3) is 0 Å². The summed E-state index contributed by atoms with van der Waals surface area (Å²) in [6.07, 6.45) is 3.08. The lowest BCUT2D eigenvalue weighted by Crippen LogP contribution is -2.32. The van der Waals surface area contributed by atoms with Crippen LogP contribution in [0, 0.1) is 6.92 Å². The van der Waals surface area contributed by atoms with Crippen molar-refractivity contribution >= 4 is 15.7 Å². The lowest BCUT2D eigenvalue weighted by Gasteiger charge is -2.19. The van der Waals surface area contributed by atoms with Crippen LogP contribution in [0.4, 0.5) is 0 Å². The van der Waals surface area contributed by atoms with Gasteiger partial charge in [-0.3, -0.25) is 9.78 Å². The van der Waals surface area contributed by atoms with E-state index in [-0.39, 0.29) is 17.3 Å². The monoisotopic (exact) mass is 410 g/mol. The number of carbonyl (C=O) groups excluding carboxylic acids is 1. The lowest BCUT2D eigenvalue weighted by atomic mass is 10.1. The van der Waals surface area contributed by atoms with Gasteiger partial charge in [-0.25, -0.2) is 8.42 Å². The fourth-order valence-corrected chi connectivity index (χ4v) is 4.62. The van der Waals surface area contributed by atoms with Gasteiger partial charge in [0, 0.05) is 24.5 Å². The Labute approximate surface area is 170 Å². The van der Waals surface area contributed by atoms with E-state index in [1.807, 2.05) is 13.0 Å². The minimum atomic E-state index is -3.78. The molecular weight excluding hydrogens is 388 g/mol. The molecule has 0 saturated heterocycles. The van der Waals surface area contributed by atoms with Crippen molar-refractivity contribution in [3.8, 4) is 5.75 Å². The summed E-state index contributed by atoms with van der Waals surface area (Å²) in [5.41, 5.74) is 1.94. The van der Waals surface area contributed by atoms with Crippen molar-refractivity contribution < 1.29 is 17.9 Å². The van der Waals surface area contributed by atoms with Gasteiger partial charge in [0.2, 0.25) is 0 Å². The molecule has 0 radical (unpaired) electrons. The van der Waals surface area contributed by atoms with Crippen molar-refractivity contribution in [3.05, 3.63) is 89.7 Å². The fourth-order valence-electron chi connectivity index (χ4n) is 2.98. The summed E-state index contributed by atoms with van der Waals surface area (Å²) in [7, 11) is -2.26. The van der Waals surface area contributed by atoms with Gasteiger partial charge in [0.05, 0.1) is 12.0 Å². The minimum absolute atomic E-state index is 0.0766. The molecule has 6 nitrogen and oxygen atoms in total. The van der Waals surface area contributed by atoms with Crippen molar-refractivity contribution in [3.63, 3.8) is 0 Å². The first kappa shape index (κ1) is 20.5. The maximum atomic E-state index is 13.3. The number of methoxy groups -OCH3 is 1. The summed E-state index contributed by atoms with van der Waals surface area (Å²) in [6, 6.07) is 16.7. The molecule has 0 bridgehead atoms. The third-order valence-corrected chi connectivity index (χ3v) is 6.66. The predicted octanol–water partition coefficient (Wildman–Crippen LogP) is 3.34. The first-order valence-electron chi connectivity index (χ1n) is 9.04. The van der Waals surface area contributed by atoms with E-state index in [0.717, 1.165) is 5.56 Å². The highest BCUT2D eigenvalue weighted by atomic mass is 32.2. The predicted molar refractivity (Wildman–Crippen MR) is 111 cm³/mol. The van der Waals surface area contributed by atoms with Gasteiger partial charge in [-0.05, 0) is 55.0 Å². The second-order valence-corrected chi connectivity index (χ2v) is 8.71. The van der Waals surface area contributed by atoms with E-state index in [1.165, 1.54) is 25.4 Å². The summed E-state index contributed by atoms with van der Waals surface area (Å²) >= 11 is 0. The van der Waals surface area contributed by atoms with Crippen LogP contribution in [0.5, 0.6) is 5.75 Å². The standard InChI is InChI=1S/C22H22N2O4S/c1-16-5-3-6-17(13-16)22(25)24-15-21(18-7-4-12-23-14-18)29(26,27)20-10-8-19(28-2)9-11-20/h3-14,21H,15H2,1-2H3,(H,24,25). The number of ether oxygens (including phenoxy) is 1. The van der Waals surface area contributed by atoms with Gasteiger partial charge in [-0.2, -0.15) is 0 Å². The van der Waals surface area contributed by atoms with E-state index in [2.05, 4.69) is 10.3 Å². The molecule has 1 unspecified atom stereocenters. The first-order valence-corrected chi connectivity index (χ1v) is 10.6. The van der Waals surface area contributed by atoms with E-state index < -0.39 is 15.1 Å². The Morgan fingerprint density at radius 3 is 2.48 bits per heavy atom. The number of carbonyl (C=O) groups is 1. The van der Waals surface area contributed by atoms with E-state index >= 15 is 0 Å². The van der Waals surface area contributed by atoms with Crippen molar-refractivity contribution in [1.82, 2.24) is 10.3 Å². The Bertz CT molecular complexity index is 1080. The summed E-state index contributed by atoms with van der Waals surface area (Å²) in [4.78, 5) is 16.7. The zero-order chi connectivity index (χ0) is 20.9. The molecule has 2 aromatic carbocycles. The van der Waals surface area contributed by atoms with Crippen molar-refractivity contribution in [2.24, 2.45) is 0 Å².